The number of hydrogen-bond donors (Lipinski definition) is 1. The number of nitrogens with one attached hydrogen (secondary N) is 1. The highest BCUT2D eigenvalue weighted by atomic mass is 35.5. The summed E-state index contributed by atoms with van der Waals surface area (Å²) in [6.45, 7) is 1.87. The highest BCUT2D eigenvalue weighted by Crippen LogP contribution is 2.30. The average Bonchev–Trinajstić information content (AvgIpc) is 3.05. The Hall–Kier alpha value is -2.54. The first kappa shape index (κ1) is 21.2. The molecule has 0 spiro atoms. The lowest BCUT2D eigenvalue weighted by Crippen LogP contribution is -2.20. The number of rotatable bonds is 6. The summed E-state index contributed by atoms with van der Waals surface area (Å²) in [6, 6.07) is 13.7. The molecule has 0 aliphatic carbocycles. The van der Waals surface area contributed by atoms with Crippen LogP contribution in [0, 0.1) is 0 Å². The van der Waals surface area contributed by atoms with Gasteiger partial charge in [0.15, 0.2) is 0 Å². The molecule has 1 amide bonds. The van der Waals surface area contributed by atoms with Gasteiger partial charge in [-0.05, 0) is 37.3 Å². The van der Waals surface area contributed by atoms with E-state index in [2.05, 4.69) is 10.4 Å². The van der Waals surface area contributed by atoms with E-state index >= 15 is 0 Å². The third-order valence-electron chi connectivity index (χ3n) is 3.86. The first-order chi connectivity index (χ1) is 13.9. The van der Waals surface area contributed by atoms with Crippen LogP contribution < -0.4 is 5.32 Å². The largest absolute Gasteiger partial charge is 0.466 e. The fourth-order valence-corrected chi connectivity index (χ4v) is 3.21. The number of halogens is 3. The molecule has 0 atom stereocenters. The summed E-state index contributed by atoms with van der Waals surface area (Å²) < 4.78 is 6.29. The minimum Gasteiger partial charge on any atom is -0.466 e. The molecule has 2 aromatic carbocycles. The maximum absolute atomic E-state index is 12.3. The van der Waals surface area contributed by atoms with E-state index in [1.54, 1.807) is 43.3 Å². The molecule has 3 aromatic rings. The molecule has 29 heavy (non-hydrogen) atoms. The van der Waals surface area contributed by atoms with Crippen molar-refractivity contribution in [3.05, 3.63) is 63.6 Å². The molecular weight excluding hydrogens is 437 g/mol. The van der Waals surface area contributed by atoms with Crippen LogP contribution in [0.3, 0.4) is 0 Å². The zero-order valence-electron chi connectivity index (χ0n) is 15.3. The van der Waals surface area contributed by atoms with Crippen molar-refractivity contribution in [3.63, 3.8) is 0 Å². The van der Waals surface area contributed by atoms with E-state index in [1.807, 2.05) is 12.1 Å². The molecule has 0 unspecified atom stereocenters. The Balaban J connectivity index is 1.99. The van der Waals surface area contributed by atoms with Gasteiger partial charge >= 0.3 is 5.97 Å². The predicted molar refractivity (Wildman–Crippen MR) is 114 cm³/mol. The van der Waals surface area contributed by atoms with Crippen LogP contribution in [-0.2, 0) is 14.3 Å². The lowest BCUT2D eigenvalue weighted by atomic mass is 10.1. The minimum atomic E-state index is -0.612. The molecule has 0 saturated heterocycles. The van der Waals surface area contributed by atoms with E-state index in [4.69, 9.17) is 39.5 Å². The molecule has 150 valence electrons. The lowest BCUT2D eigenvalue weighted by molar-refractivity contribution is -0.145. The number of esters is 1. The van der Waals surface area contributed by atoms with Gasteiger partial charge in [-0.3, -0.25) is 9.59 Å². The number of carbonyl (C=O) groups excluding carboxylic acids is 2. The summed E-state index contributed by atoms with van der Waals surface area (Å²) in [4.78, 5) is 23.9. The van der Waals surface area contributed by atoms with Crippen molar-refractivity contribution in [1.29, 1.82) is 0 Å². The van der Waals surface area contributed by atoms with Gasteiger partial charge in [-0.25, -0.2) is 4.68 Å². The number of carbonyl (C=O) groups is 2. The molecule has 0 bridgehead atoms. The first-order valence-corrected chi connectivity index (χ1v) is 9.77. The molecular formula is C20H16Cl3N3O3. The smallest absolute Gasteiger partial charge is 0.315 e. The fourth-order valence-electron chi connectivity index (χ4n) is 2.60. The van der Waals surface area contributed by atoms with Crippen molar-refractivity contribution in [1.82, 2.24) is 9.78 Å². The molecule has 0 saturated carbocycles. The monoisotopic (exact) mass is 451 g/mol. The third-order valence-corrected chi connectivity index (χ3v) is 4.65. The average molecular weight is 453 g/mol. The first-order valence-electron chi connectivity index (χ1n) is 8.64. The van der Waals surface area contributed by atoms with Gasteiger partial charge in [0.25, 0.3) is 0 Å². The summed E-state index contributed by atoms with van der Waals surface area (Å²) in [6.07, 6.45) is -0.413. The maximum atomic E-state index is 12.3. The molecule has 0 aliphatic rings. The molecule has 9 heteroatoms. The van der Waals surface area contributed by atoms with Crippen molar-refractivity contribution < 1.29 is 14.3 Å². The summed E-state index contributed by atoms with van der Waals surface area (Å²) >= 11 is 18.3. The van der Waals surface area contributed by atoms with Crippen molar-refractivity contribution in [2.45, 2.75) is 13.3 Å². The Morgan fingerprint density at radius 3 is 2.38 bits per heavy atom. The number of amides is 1. The molecule has 1 heterocycles. The van der Waals surface area contributed by atoms with Gasteiger partial charge in [0.05, 0.1) is 23.0 Å². The maximum Gasteiger partial charge on any atom is 0.315 e. The zero-order chi connectivity index (χ0) is 21.0. The minimum absolute atomic E-state index is 0.200. The standard InChI is InChI=1S/C20H16Cl3N3O3/c1-2-29-20(28)11-19(27)24-18-10-16(12-3-5-13(21)6-4-12)25-26(18)17-8-7-14(22)9-15(17)23/h3-10H,2,11H2,1H3,(H,24,27). The molecule has 0 aliphatic heterocycles. The van der Waals surface area contributed by atoms with Gasteiger partial charge in [-0.15, -0.1) is 0 Å². The SMILES string of the molecule is CCOC(=O)CC(=O)Nc1cc(-c2ccc(Cl)cc2)nn1-c1ccc(Cl)cc1Cl. The highest BCUT2D eigenvalue weighted by Gasteiger charge is 2.18. The van der Waals surface area contributed by atoms with Crippen LogP contribution in [0.25, 0.3) is 16.9 Å². The van der Waals surface area contributed by atoms with Gasteiger partial charge in [0, 0.05) is 21.7 Å². The van der Waals surface area contributed by atoms with Gasteiger partial charge in [0.1, 0.15) is 12.2 Å². The molecule has 1 N–H and O–H groups in total. The zero-order valence-corrected chi connectivity index (χ0v) is 17.6. The molecule has 1 aromatic heterocycles. The summed E-state index contributed by atoms with van der Waals surface area (Å²) in [7, 11) is 0. The van der Waals surface area contributed by atoms with E-state index in [0.29, 0.717) is 32.3 Å². The summed E-state index contributed by atoms with van der Waals surface area (Å²) in [5.41, 5.74) is 1.89. The lowest BCUT2D eigenvalue weighted by Gasteiger charge is -2.10. The Morgan fingerprint density at radius 1 is 1.03 bits per heavy atom. The number of hydrogen-bond acceptors (Lipinski definition) is 4. The van der Waals surface area contributed by atoms with Crippen LogP contribution in [0.1, 0.15) is 13.3 Å². The van der Waals surface area contributed by atoms with Gasteiger partial charge < -0.3 is 10.1 Å². The Morgan fingerprint density at radius 2 is 1.72 bits per heavy atom. The number of nitrogens with zero attached hydrogens (tertiary/aromatic N) is 2. The number of benzene rings is 2. The van der Waals surface area contributed by atoms with Crippen LogP contribution in [0.5, 0.6) is 0 Å². The topological polar surface area (TPSA) is 73.2 Å². The van der Waals surface area contributed by atoms with E-state index in [0.717, 1.165) is 5.56 Å². The van der Waals surface area contributed by atoms with Gasteiger partial charge in [-0.2, -0.15) is 5.10 Å². The van der Waals surface area contributed by atoms with Crippen molar-refractivity contribution in [3.8, 4) is 16.9 Å². The van der Waals surface area contributed by atoms with Gasteiger partial charge in [0.2, 0.25) is 5.91 Å². The Kier molecular flexibility index (Phi) is 6.79. The highest BCUT2D eigenvalue weighted by molar-refractivity contribution is 6.35. The normalized spacial score (nSPS) is 10.6. The van der Waals surface area contributed by atoms with Crippen LogP contribution in [0.15, 0.2) is 48.5 Å². The van der Waals surface area contributed by atoms with Crippen molar-refractivity contribution in [2.75, 3.05) is 11.9 Å². The summed E-state index contributed by atoms with van der Waals surface area (Å²) in [5, 5.41) is 8.65. The molecule has 3 rings (SSSR count). The summed E-state index contributed by atoms with van der Waals surface area (Å²) in [5.74, 6) is -0.802. The van der Waals surface area contributed by atoms with E-state index in [-0.39, 0.29) is 6.61 Å². The van der Waals surface area contributed by atoms with Crippen molar-refractivity contribution >= 4 is 52.5 Å². The fraction of sp³-hybridized carbons (Fsp3) is 0.150. The quantitative estimate of drug-likeness (QED) is 0.402. The second kappa shape index (κ2) is 9.31. The van der Waals surface area contributed by atoms with Gasteiger partial charge in [-0.1, -0.05) is 46.9 Å². The second-order valence-electron chi connectivity index (χ2n) is 5.96. The molecule has 0 radical (unpaired) electrons. The molecule has 6 nitrogen and oxygen atoms in total. The molecule has 0 fully saturated rings. The second-order valence-corrected chi connectivity index (χ2v) is 7.24. The predicted octanol–water partition coefficient (Wildman–Crippen LogP) is 5.39. The van der Waals surface area contributed by atoms with Crippen LogP contribution in [0.4, 0.5) is 5.82 Å². The van der Waals surface area contributed by atoms with E-state index in [1.165, 1.54) is 4.68 Å². The number of aromatic nitrogens is 2. The number of anilines is 1. The van der Waals surface area contributed by atoms with Crippen LogP contribution in [-0.4, -0.2) is 28.3 Å². The Labute approximate surface area is 182 Å². The van der Waals surface area contributed by atoms with E-state index < -0.39 is 18.3 Å². The van der Waals surface area contributed by atoms with Crippen LogP contribution in [0.2, 0.25) is 15.1 Å². The van der Waals surface area contributed by atoms with E-state index in [9.17, 15) is 9.59 Å². The Bertz CT molecular complexity index is 1050. The van der Waals surface area contributed by atoms with Crippen LogP contribution >= 0.6 is 34.8 Å². The van der Waals surface area contributed by atoms with Crippen molar-refractivity contribution in [2.24, 2.45) is 0 Å². The third kappa shape index (κ3) is 5.29. The number of ether oxygens (including phenoxy) is 1.